The highest BCUT2D eigenvalue weighted by Gasteiger charge is 2.51. The highest BCUT2D eigenvalue weighted by atomic mass is 35.5. The van der Waals surface area contributed by atoms with Gasteiger partial charge in [0.25, 0.3) is 11.7 Å². The number of rotatable bonds is 1. The van der Waals surface area contributed by atoms with Crippen molar-refractivity contribution in [3.8, 4) is 16.8 Å². The number of hydrogen-bond acceptors (Lipinski definition) is 4. The maximum atomic E-state index is 12.8. The van der Waals surface area contributed by atoms with Gasteiger partial charge < -0.3 is 0 Å². The summed E-state index contributed by atoms with van der Waals surface area (Å²) < 4.78 is 2.53. The van der Waals surface area contributed by atoms with Crippen LogP contribution >= 0.6 is 47.0 Å². The number of halogens is 2. The van der Waals surface area contributed by atoms with E-state index in [1.165, 1.54) is 11.5 Å². The molecule has 2 aromatic carbocycles. The minimum absolute atomic E-state index is 0.433. The minimum atomic E-state index is -0.707. The Morgan fingerprint density at radius 3 is 2.46 bits per heavy atom. The van der Waals surface area contributed by atoms with Crippen LogP contribution in [0, 0.1) is 4.64 Å². The van der Waals surface area contributed by atoms with Crippen molar-refractivity contribution in [2.45, 2.75) is 19.4 Å². The van der Waals surface area contributed by atoms with E-state index in [-0.39, 0.29) is 0 Å². The molecular weight excluding hydrogens is 435 g/mol. The standard InChI is InChI=1S/C20H12Cl2N2O2S2/c1-20(2)17-14(10-4-3-5-11-15(10)23(20)18(26)16(11)25)19(27)24(28-17)9-6-7-12(21)13(22)8-9/h3-8H,1-2H3. The van der Waals surface area contributed by atoms with Crippen molar-refractivity contribution in [2.75, 3.05) is 4.90 Å². The van der Waals surface area contributed by atoms with Gasteiger partial charge in [0.1, 0.15) is 4.64 Å². The van der Waals surface area contributed by atoms with Gasteiger partial charge in [-0.25, -0.2) is 0 Å². The molecule has 0 spiro atoms. The third-order valence-corrected chi connectivity index (χ3v) is 7.93. The predicted octanol–water partition coefficient (Wildman–Crippen LogP) is 6.02. The van der Waals surface area contributed by atoms with Gasteiger partial charge in [-0.15, -0.1) is 0 Å². The molecule has 0 unspecified atom stereocenters. The summed E-state index contributed by atoms with van der Waals surface area (Å²) in [6, 6.07) is 10.8. The van der Waals surface area contributed by atoms with Crippen LogP contribution in [0.1, 0.15) is 29.1 Å². The van der Waals surface area contributed by atoms with Crippen molar-refractivity contribution in [3.05, 3.63) is 61.5 Å². The molecule has 2 aliphatic heterocycles. The number of hydrogen-bond donors (Lipinski definition) is 0. The summed E-state index contributed by atoms with van der Waals surface area (Å²) >= 11 is 19.5. The van der Waals surface area contributed by atoms with E-state index in [0.717, 1.165) is 21.7 Å². The first-order valence-corrected chi connectivity index (χ1v) is 10.4. The summed E-state index contributed by atoms with van der Waals surface area (Å²) in [5.41, 5.74) is 2.88. The average molecular weight is 447 g/mol. The van der Waals surface area contributed by atoms with Gasteiger partial charge in [0, 0.05) is 11.1 Å². The van der Waals surface area contributed by atoms with Gasteiger partial charge in [-0.2, -0.15) is 0 Å². The lowest BCUT2D eigenvalue weighted by Gasteiger charge is -2.39. The number of ketones is 1. The summed E-state index contributed by atoms with van der Waals surface area (Å²) in [5, 5.41) is 0.913. The molecule has 4 nitrogen and oxygen atoms in total. The second-order valence-corrected chi connectivity index (χ2v) is 9.38. The van der Waals surface area contributed by atoms with Crippen LogP contribution in [0.15, 0.2) is 36.4 Å². The molecule has 0 atom stereocenters. The number of fused-ring (bicyclic) bond motifs is 2. The first-order chi connectivity index (χ1) is 13.2. The van der Waals surface area contributed by atoms with Crippen LogP contribution in [0.4, 0.5) is 5.69 Å². The first kappa shape index (κ1) is 18.1. The largest absolute Gasteiger partial charge is 0.300 e. The highest BCUT2D eigenvalue weighted by molar-refractivity contribution is 7.71. The zero-order chi connectivity index (χ0) is 20.0. The maximum absolute atomic E-state index is 12.8. The third kappa shape index (κ3) is 2.14. The van der Waals surface area contributed by atoms with E-state index in [1.807, 2.05) is 29.9 Å². The van der Waals surface area contributed by atoms with Gasteiger partial charge in [0.2, 0.25) is 0 Å². The van der Waals surface area contributed by atoms with E-state index in [2.05, 4.69) is 0 Å². The Morgan fingerprint density at radius 1 is 1.04 bits per heavy atom. The first-order valence-electron chi connectivity index (χ1n) is 8.48. The number of carbonyl (C=O) groups is 2. The van der Waals surface area contributed by atoms with Crippen molar-refractivity contribution in [2.24, 2.45) is 0 Å². The SMILES string of the molecule is CC1(C)c2sn(-c3ccc(Cl)c(Cl)c3)c(=S)c2-c2cccc3c2N1C(=O)C3=O. The van der Waals surface area contributed by atoms with E-state index in [9.17, 15) is 9.59 Å². The van der Waals surface area contributed by atoms with Crippen molar-refractivity contribution in [1.29, 1.82) is 0 Å². The lowest BCUT2D eigenvalue weighted by atomic mass is 9.88. The van der Waals surface area contributed by atoms with Crippen molar-refractivity contribution in [3.63, 3.8) is 0 Å². The van der Waals surface area contributed by atoms with Crippen LogP contribution in [-0.2, 0) is 10.3 Å². The van der Waals surface area contributed by atoms with Crippen LogP contribution in [0.3, 0.4) is 0 Å². The van der Waals surface area contributed by atoms with E-state index in [0.29, 0.717) is 25.9 Å². The van der Waals surface area contributed by atoms with Crippen LogP contribution in [0.5, 0.6) is 0 Å². The number of aromatic nitrogens is 1. The van der Waals surface area contributed by atoms with Gasteiger partial charge >= 0.3 is 0 Å². The van der Waals surface area contributed by atoms with Gasteiger partial charge in [-0.05, 0) is 38.1 Å². The Balaban J connectivity index is 1.85. The molecule has 0 bridgehead atoms. The second-order valence-electron chi connectivity index (χ2n) is 7.22. The average Bonchev–Trinajstić information content (AvgIpc) is 3.13. The van der Waals surface area contributed by atoms with Crippen LogP contribution < -0.4 is 4.90 Å². The fourth-order valence-electron chi connectivity index (χ4n) is 3.94. The zero-order valence-corrected chi connectivity index (χ0v) is 17.9. The molecule has 0 aliphatic carbocycles. The van der Waals surface area contributed by atoms with E-state index in [4.69, 9.17) is 35.4 Å². The molecule has 0 fully saturated rings. The number of nitrogens with zero attached hydrogens (tertiary/aromatic N) is 2. The van der Waals surface area contributed by atoms with Crippen LogP contribution in [0.25, 0.3) is 16.8 Å². The molecule has 1 amide bonds. The molecule has 140 valence electrons. The molecule has 3 aromatic rings. The molecular formula is C20H12Cl2N2O2S2. The summed E-state index contributed by atoms with van der Waals surface area (Å²) in [6.07, 6.45) is 0. The molecule has 1 aromatic heterocycles. The minimum Gasteiger partial charge on any atom is -0.294 e. The Morgan fingerprint density at radius 2 is 1.75 bits per heavy atom. The fraction of sp³-hybridized carbons (Fsp3) is 0.150. The molecule has 5 rings (SSSR count). The number of amides is 1. The van der Waals surface area contributed by atoms with Gasteiger partial charge in [0.05, 0.1) is 37.4 Å². The van der Waals surface area contributed by atoms with Gasteiger partial charge in [-0.3, -0.25) is 18.4 Å². The predicted molar refractivity (Wildman–Crippen MR) is 115 cm³/mol. The second kappa shape index (κ2) is 5.76. The number of anilines is 1. The molecule has 0 saturated heterocycles. The fourth-order valence-corrected chi connectivity index (χ4v) is 5.91. The number of Topliss-reactive ketones (excluding diaryl/α,β-unsaturated/α-hetero) is 1. The molecule has 8 heteroatoms. The third-order valence-electron chi connectivity index (χ3n) is 5.23. The van der Waals surface area contributed by atoms with Gasteiger partial charge in [-0.1, -0.05) is 59.1 Å². The Bertz CT molecular complexity index is 1290. The molecule has 2 aliphatic rings. The summed E-state index contributed by atoms with van der Waals surface area (Å²) in [6.45, 7) is 3.87. The number of benzene rings is 2. The topological polar surface area (TPSA) is 42.3 Å². The Hall–Kier alpha value is -1.99. The van der Waals surface area contributed by atoms with E-state index in [1.54, 1.807) is 29.2 Å². The molecule has 0 saturated carbocycles. The molecule has 0 N–H and O–H groups in total. The van der Waals surface area contributed by atoms with Crippen molar-refractivity contribution >= 4 is 64.3 Å². The zero-order valence-electron chi connectivity index (χ0n) is 14.7. The van der Waals surface area contributed by atoms with E-state index < -0.39 is 17.2 Å². The smallest absolute Gasteiger partial charge is 0.294 e. The van der Waals surface area contributed by atoms with E-state index >= 15 is 0 Å². The summed E-state index contributed by atoms with van der Waals surface area (Å²) in [5.74, 6) is -0.970. The van der Waals surface area contributed by atoms with Crippen molar-refractivity contribution < 1.29 is 9.59 Å². The number of carbonyl (C=O) groups excluding carboxylic acids is 2. The maximum Gasteiger partial charge on any atom is 0.300 e. The van der Waals surface area contributed by atoms with Crippen molar-refractivity contribution in [1.82, 2.24) is 3.96 Å². The van der Waals surface area contributed by atoms with Crippen LogP contribution in [-0.4, -0.2) is 15.6 Å². The van der Waals surface area contributed by atoms with Gasteiger partial charge in [0.15, 0.2) is 0 Å². The molecule has 3 heterocycles. The highest BCUT2D eigenvalue weighted by Crippen LogP contribution is 2.54. The Labute approximate surface area is 180 Å². The lowest BCUT2D eigenvalue weighted by Crippen LogP contribution is -2.46. The summed E-state index contributed by atoms with van der Waals surface area (Å²) in [7, 11) is 0. The molecule has 28 heavy (non-hydrogen) atoms. The van der Waals surface area contributed by atoms with Crippen LogP contribution in [0.2, 0.25) is 10.0 Å². The Kier molecular flexibility index (Phi) is 3.72. The quantitative estimate of drug-likeness (QED) is 0.338. The lowest BCUT2D eigenvalue weighted by molar-refractivity contribution is -0.115. The number of para-hydroxylation sites is 1. The normalized spacial score (nSPS) is 16.4. The molecule has 0 radical (unpaired) electrons. The summed E-state index contributed by atoms with van der Waals surface area (Å²) in [4.78, 5) is 27.8. The monoisotopic (exact) mass is 446 g/mol.